The van der Waals surface area contributed by atoms with Crippen LogP contribution in [0.1, 0.15) is 17.2 Å². The minimum Gasteiger partial charge on any atom is -0.502 e. The molecule has 0 saturated carbocycles. The lowest BCUT2D eigenvalue weighted by atomic mass is 9.90. The van der Waals surface area contributed by atoms with Crippen LogP contribution in [-0.4, -0.2) is 55.7 Å². The molecule has 1 aliphatic rings. The van der Waals surface area contributed by atoms with Crippen LogP contribution in [0.3, 0.4) is 0 Å². The standard InChI is InChI=1S/C22H22O10/c1-28-13-6-10(7-14(29-2)18(13)23)5-12-17(21(25)26)20(32-22(12)27)11-8-15(30-3)19(24)16(9-11)31-4/h5-9,17,20,23-24H,1-4H3,(H,25,26)/b12-5+/t17-,20+/m1/s1. The Balaban J connectivity index is 2.11. The summed E-state index contributed by atoms with van der Waals surface area (Å²) in [6, 6.07) is 5.61. The molecule has 32 heavy (non-hydrogen) atoms. The predicted molar refractivity (Wildman–Crippen MR) is 110 cm³/mol. The molecule has 1 saturated heterocycles. The minimum atomic E-state index is -1.37. The van der Waals surface area contributed by atoms with Crippen molar-refractivity contribution < 1.29 is 48.6 Å². The van der Waals surface area contributed by atoms with Crippen LogP contribution < -0.4 is 18.9 Å². The molecule has 0 unspecified atom stereocenters. The van der Waals surface area contributed by atoms with E-state index in [1.54, 1.807) is 0 Å². The fourth-order valence-corrected chi connectivity index (χ4v) is 3.47. The number of carboxylic acids is 1. The number of aromatic hydroxyl groups is 2. The third-order valence-corrected chi connectivity index (χ3v) is 5.03. The summed E-state index contributed by atoms with van der Waals surface area (Å²) in [5.74, 6) is -3.77. The van der Waals surface area contributed by atoms with Crippen molar-refractivity contribution >= 4 is 18.0 Å². The highest BCUT2D eigenvalue weighted by Gasteiger charge is 2.46. The van der Waals surface area contributed by atoms with Gasteiger partial charge in [-0.15, -0.1) is 0 Å². The molecule has 0 aliphatic carbocycles. The van der Waals surface area contributed by atoms with Crippen molar-refractivity contribution in [3.63, 3.8) is 0 Å². The van der Waals surface area contributed by atoms with E-state index in [2.05, 4.69) is 0 Å². The van der Waals surface area contributed by atoms with Gasteiger partial charge in [-0.2, -0.15) is 0 Å². The topological polar surface area (TPSA) is 141 Å². The van der Waals surface area contributed by atoms with Crippen molar-refractivity contribution in [2.75, 3.05) is 28.4 Å². The van der Waals surface area contributed by atoms with Crippen molar-refractivity contribution in [2.45, 2.75) is 6.10 Å². The molecule has 3 rings (SSSR count). The monoisotopic (exact) mass is 446 g/mol. The van der Waals surface area contributed by atoms with Crippen LogP contribution >= 0.6 is 0 Å². The Morgan fingerprint density at radius 2 is 1.31 bits per heavy atom. The fraction of sp³-hybridized carbons (Fsp3) is 0.273. The van der Waals surface area contributed by atoms with Gasteiger partial charge in [0.1, 0.15) is 12.0 Å². The highest BCUT2D eigenvalue weighted by atomic mass is 16.6. The lowest BCUT2D eigenvalue weighted by Gasteiger charge is -2.17. The molecule has 0 amide bonds. The van der Waals surface area contributed by atoms with E-state index < -0.39 is 24.0 Å². The van der Waals surface area contributed by atoms with E-state index >= 15 is 0 Å². The third kappa shape index (κ3) is 3.94. The van der Waals surface area contributed by atoms with Crippen molar-refractivity contribution in [2.24, 2.45) is 5.92 Å². The van der Waals surface area contributed by atoms with Gasteiger partial charge >= 0.3 is 11.9 Å². The average Bonchev–Trinajstić information content (AvgIpc) is 3.11. The van der Waals surface area contributed by atoms with Crippen LogP contribution in [0.5, 0.6) is 34.5 Å². The molecule has 2 aromatic rings. The van der Waals surface area contributed by atoms with E-state index in [0.717, 1.165) is 0 Å². The summed E-state index contributed by atoms with van der Waals surface area (Å²) in [5.41, 5.74) is 0.501. The first-order valence-electron chi connectivity index (χ1n) is 9.30. The van der Waals surface area contributed by atoms with Crippen LogP contribution in [0.25, 0.3) is 6.08 Å². The van der Waals surface area contributed by atoms with Crippen molar-refractivity contribution in [3.8, 4) is 34.5 Å². The lowest BCUT2D eigenvalue weighted by Crippen LogP contribution is -2.19. The SMILES string of the molecule is COc1cc(/C=C2/C(=O)O[C@@H](c3cc(OC)c(O)c(OC)c3)[C@@H]2C(=O)O)cc(OC)c1O. The normalized spacial score (nSPS) is 18.9. The maximum Gasteiger partial charge on any atom is 0.335 e. The third-order valence-electron chi connectivity index (χ3n) is 5.03. The zero-order chi connectivity index (χ0) is 23.6. The summed E-state index contributed by atoms with van der Waals surface area (Å²) in [5, 5.41) is 30.1. The first kappa shape index (κ1) is 22.6. The molecule has 0 aromatic heterocycles. The lowest BCUT2D eigenvalue weighted by molar-refractivity contribution is -0.144. The van der Waals surface area contributed by atoms with Gasteiger partial charge in [0.05, 0.1) is 34.0 Å². The summed E-state index contributed by atoms with van der Waals surface area (Å²) in [6.07, 6.45) is 0.135. The second-order valence-corrected chi connectivity index (χ2v) is 6.79. The first-order valence-corrected chi connectivity index (χ1v) is 9.30. The minimum absolute atomic E-state index is 0.0324. The average molecular weight is 446 g/mol. The van der Waals surface area contributed by atoms with Crippen molar-refractivity contribution in [1.82, 2.24) is 0 Å². The largest absolute Gasteiger partial charge is 0.502 e. The quantitative estimate of drug-likeness (QED) is 0.429. The number of phenols is 2. The number of methoxy groups -OCH3 is 4. The highest BCUT2D eigenvalue weighted by Crippen LogP contribution is 2.46. The van der Waals surface area contributed by atoms with E-state index in [1.807, 2.05) is 0 Å². The van der Waals surface area contributed by atoms with Gasteiger partial charge in [-0.3, -0.25) is 4.79 Å². The number of cyclic esters (lactones) is 1. The summed E-state index contributed by atoms with van der Waals surface area (Å²) in [4.78, 5) is 24.8. The number of ether oxygens (including phenoxy) is 5. The van der Waals surface area contributed by atoms with Crippen molar-refractivity contribution in [3.05, 3.63) is 41.0 Å². The Kier molecular flexibility index (Phi) is 6.33. The van der Waals surface area contributed by atoms with Gasteiger partial charge in [-0.05, 0) is 35.9 Å². The Labute approximate surface area is 183 Å². The zero-order valence-corrected chi connectivity index (χ0v) is 17.7. The summed E-state index contributed by atoms with van der Waals surface area (Å²) < 4.78 is 25.8. The highest BCUT2D eigenvalue weighted by molar-refractivity contribution is 6.02. The van der Waals surface area contributed by atoms with Gasteiger partial charge in [0.15, 0.2) is 23.0 Å². The Morgan fingerprint density at radius 3 is 1.72 bits per heavy atom. The molecule has 10 nitrogen and oxygen atoms in total. The van der Waals surface area contributed by atoms with Gasteiger partial charge < -0.3 is 39.0 Å². The van der Waals surface area contributed by atoms with Gasteiger partial charge in [-0.1, -0.05) is 0 Å². The molecular formula is C22H22O10. The number of carbonyl (C=O) groups excluding carboxylic acids is 1. The fourth-order valence-electron chi connectivity index (χ4n) is 3.47. The smallest absolute Gasteiger partial charge is 0.335 e. The Morgan fingerprint density at radius 1 is 0.875 bits per heavy atom. The molecule has 10 heteroatoms. The molecule has 0 spiro atoms. The number of carboxylic acid groups (broad SMARTS) is 1. The van der Waals surface area contributed by atoms with E-state index in [1.165, 1.54) is 58.8 Å². The molecule has 2 aromatic carbocycles. The second kappa shape index (κ2) is 8.96. The number of aliphatic carboxylic acids is 1. The number of benzene rings is 2. The van der Waals surface area contributed by atoms with Crippen LogP contribution in [0.4, 0.5) is 0 Å². The van der Waals surface area contributed by atoms with Crippen LogP contribution in [0.15, 0.2) is 29.8 Å². The number of phenolic OH excluding ortho intramolecular Hbond substituents is 2. The molecule has 0 bridgehead atoms. The van der Waals surface area contributed by atoms with E-state index in [9.17, 15) is 24.9 Å². The van der Waals surface area contributed by atoms with Gasteiger partial charge in [0.25, 0.3) is 0 Å². The number of esters is 1. The first-order chi connectivity index (χ1) is 15.2. The molecule has 3 N–H and O–H groups in total. The van der Waals surface area contributed by atoms with Crippen LogP contribution in [0, 0.1) is 5.92 Å². The molecule has 170 valence electrons. The molecule has 0 radical (unpaired) electrons. The predicted octanol–water partition coefficient (Wildman–Crippen LogP) is 2.51. The molecule has 2 atom stereocenters. The zero-order valence-electron chi connectivity index (χ0n) is 17.7. The number of hydrogen-bond acceptors (Lipinski definition) is 9. The van der Waals surface area contributed by atoms with E-state index in [-0.39, 0.29) is 45.6 Å². The summed E-state index contributed by atoms with van der Waals surface area (Å²) >= 11 is 0. The molecule has 1 fully saturated rings. The Bertz CT molecular complexity index is 1040. The maximum atomic E-state index is 12.7. The van der Waals surface area contributed by atoms with Crippen LogP contribution in [0.2, 0.25) is 0 Å². The van der Waals surface area contributed by atoms with E-state index in [0.29, 0.717) is 5.56 Å². The van der Waals surface area contributed by atoms with Crippen LogP contribution in [-0.2, 0) is 14.3 Å². The number of hydrogen-bond donors (Lipinski definition) is 3. The summed E-state index contributed by atoms with van der Waals surface area (Å²) in [6.45, 7) is 0. The van der Waals surface area contributed by atoms with Gasteiger partial charge in [0, 0.05) is 5.56 Å². The second-order valence-electron chi connectivity index (χ2n) is 6.79. The van der Waals surface area contributed by atoms with Gasteiger partial charge in [-0.25, -0.2) is 4.79 Å². The number of rotatable bonds is 7. The van der Waals surface area contributed by atoms with Crippen molar-refractivity contribution in [1.29, 1.82) is 0 Å². The Hall–Kier alpha value is -4.08. The molecular weight excluding hydrogens is 424 g/mol. The molecule has 1 aliphatic heterocycles. The molecule has 1 heterocycles. The number of carbonyl (C=O) groups is 2. The summed E-state index contributed by atoms with van der Waals surface area (Å²) in [7, 11) is 5.34. The van der Waals surface area contributed by atoms with E-state index in [4.69, 9.17) is 23.7 Å². The van der Waals surface area contributed by atoms with Gasteiger partial charge in [0.2, 0.25) is 11.5 Å². The maximum absolute atomic E-state index is 12.7.